The van der Waals surface area contributed by atoms with Gasteiger partial charge in [0, 0.05) is 0 Å². The number of benzene rings is 1. The molecule has 0 nitrogen and oxygen atoms in total. The summed E-state index contributed by atoms with van der Waals surface area (Å²) in [6, 6.07) is 10.6. The predicted molar refractivity (Wildman–Crippen MR) is 55.8 cm³/mol. The second-order valence-corrected chi connectivity index (χ2v) is 4.31. The van der Waals surface area contributed by atoms with Crippen molar-refractivity contribution in [2.45, 2.75) is 13.8 Å². The average molecular weight is 174 g/mol. The van der Waals surface area contributed by atoms with Crippen molar-refractivity contribution < 1.29 is 0 Å². The van der Waals surface area contributed by atoms with Crippen molar-refractivity contribution in [3.8, 4) is 0 Å². The van der Waals surface area contributed by atoms with E-state index in [4.69, 9.17) is 0 Å². The van der Waals surface area contributed by atoms with E-state index in [9.17, 15) is 0 Å². The molecule has 0 unspecified atom stereocenters. The van der Waals surface area contributed by atoms with Crippen molar-refractivity contribution in [1.82, 2.24) is 0 Å². The standard InChI is InChI=1S/C11H14Si/c1-10(2)8-9-12-11-6-4-3-5-7-11/h3-10H,1-2H3/b9-8-. The fourth-order valence-corrected chi connectivity index (χ4v) is 1.93. The molecule has 0 spiro atoms. The maximum Gasteiger partial charge on any atom is 0.111 e. The van der Waals surface area contributed by atoms with Crippen molar-refractivity contribution >= 4 is 14.7 Å². The van der Waals surface area contributed by atoms with Crippen LogP contribution in [0.1, 0.15) is 13.8 Å². The third kappa shape index (κ3) is 3.53. The highest BCUT2D eigenvalue weighted by Crippen LogP contribution is 1.92. The van der Waals surface area contributed by atoms with E-state index in [0.29, 0.717) is 5.92 Å². The van der Waals surface area contributed by atoms with Crippen LogP contribution in [-0.2, 0) is 0 Å². The van der Waals surface area contributed by atoms with E-state index in [1.165, 1.54) is 5.19 Å². The minimum Gasteiger partial charge on any atom is -0.0971 e. The summed E-state index contributed by atoms with van der Waals surface area (Å²) in [4.78, 5) is 0. The lowest BCUT2D eigenvalue weighted by Crippen LogP contribution is -2.10. The second-order valence-electron chi connectivity index (χ2n) is 3.11. The Morgan fingerprint density at radius 3 is 2.42 bits per heavy atom. The molecule has 0 saturated heterocycles. The van der Waals surface area contributed by atoms with Gasteiger partial charge in [-0.2, -0.15) is 0 Å². The monoisotopic (exact) mass is 174 g/mol. The molecule has 0 aliphatic carbocycles. The largest absolute Gasteiger partial charge is 0.111 e. The average Bonchev–Trinajstić information content (AvgIpc) is 2.05. The van der Waals surface area contributed by atoms with Crippen LogP contribution >= 0.6 is 0 Å². The summed E-state index contributed by atoms with van der Waals surface area (Å²) in [7, 11) is 0.817. The first-order valence-corrected chi connectivity index (χ1v) is 5.35. The van der Waals surface area contributed by atoms with Crippen LogP contribution < -0.4 is 5.19 Å². The van der Waals surface area contributed by atoms with Gasteiger partial charge in [0.1, 0.15) is 9.52 Å². The van der Waals surface area contributed by atoms with Crippen molar-refractivity contribution in [2.24, 2.45) is 5.92 Å². The molecule has 0 aromatic heterocycles. The van der Waals surface area contributed by atoms with Crippen LogP contribution in [0.4, 0.5) is 0 Å². The molecule has 2 radical (unpaired) electrons. The first kappa shape index (κ1) is 9.27. The van der Waals surface area contributed by atoms with Gasteiger partial charge in [-0.15, -0.1) is 0 Å². The third-order valence-corrected chi connectivity index (χ3v) is 2.53. The Balaban J connectivity index is 2.43. The molecule has 62 valence electrons. The molecule has 0 N–H and O–H groups in total. The summed E-state index contributed by atoms with van der Waals surface area (Å²) in [6.45, 7) is 4.40. The lowest BCUT2D eigenvalue weighted by molar-refractivity contribution is 0.833. The molecule has 0 fully saturated rings. The van der Waals surface area contributed by atoms with E-state index in [2.05, 4.69) is 56.0 Å². The van der Waals surface area contributed by atoms with Gasteiger partial charge in [-0.3, -0.25) is 0 Å². The van der Waals surface area contributed by atoms with Gasteiger partial charge in [0.25, 0.3) is 0 Å². The fraction of sp³-hybridized carbons (Fsp3) is 0.273. The molecule has 0 saturated carbocycles. The molecule has 1 heteroatoms. The lowest BCUT2D eigenvalue weighted by atomic mass is 10.2. The molecule has 0 aliphatic rings. The zero-order valence-corrected chi connectivity index (χ0v) is 8.62. The van der Waals surface area contributed by atoms with Crippen LogP contribution in [0.5, 0.6) is 0 Å². The Morgan fingerprint density at radius 2 is 1.83 bits per heavy atom. The van der Waals surface area contributed by atoms with Crippen molar-refractivity contribution in [1.29, 1.82) is 0 Å². The summed E-state index contributed by atoms with van der Waals surface area (Å²) in [5.41, 5.74) is 2.26. The van der Waals surface area contributed by atoms with E-state index >= 15 is 0 Å². The topological polar surface area (TPSA) is 0 Å². The van der Waals surface area contributed by atoms with E-state index < -0.39 is 0 Å². The Kier molecular flexibility index (Phi) is 3.81. The summed E-state index contributed by atoms with van der Waals surface area (Å²) in [5, 5.41) is 1.41. The first-order chi connectivity index (χ1) is 5.79. The van der Waals surface area contributed by atoms with Gasteiger partial charge in [0.05, 0.1) is 0 Å². The van der Waals surface area contributed by atoms with Gasteiger partial charge in [0.2, 0.25) is 0 Å². The van der Waals surface area contributed by atoms with Gasteiger partial charge >= 0.3 is 0 Å². The van der Waals surface area contributed by atoms with Crippen LogP contribution in [0.25, 0.3) is 0 Å². The molecule has 1 rings (SSSR count). The molecule has 0 bridgehead atoms. The van der Waals surface area contributed by atoms with Crippen LogP contribution in [0, 0.1) is 5.92 Å². The molecule has 1 aromatic carbocycles. The third-order valence-electron chi connectivity index (χ3n) is 1.50. The second kappa shape index (κ2) is 4.94. The molecule has 0 aliphatic heterocycles. The summed E-state index contributed by atoms with van der Waals surface area (Å²) < 4.78 is 0. The Morgan fingerprint density at radius 1 is 1.17 bits per heavy atom. The predicted octanol–water partition coefficient (Wildman–Crippen LogP) is 2.19. The van der Waals surface area contributed by atoms with Crippen LogP contribution in [0.3, 0.4) is 0 Å². The molecule has 0 atom stereocenters. The molecule has 12 heavy (non-hydrogen) atoms. The summed E-state index contributed by atoms with van der Waals surface area (Å²) >= 11 is 0. The van der Waals surface area contributed by atoms with Gasteiger partial charge in [-0.25, -0.2) is 0 Å². The summed E-state index contributed by atoms with van der Waals surface area (Å²) in [5.74, 6) is 0.668. The maximum absolute atomic E-state index is 2.26. The van der Waals surface area contributed by atoms with Crippen molar-refractivity contribution in [3.05, 3.63) is 42.1 Å². The number of allylic oxidation sites excluding steroid dienone is 1. The van der Waals surface area contributed by atoms with Crippen LogP contribution in [0.2, 0.25) is 0 Å². The van der Waals surface area contributed by atoms with Crippen LogP contribution in [-0.4, -0.2) is 9.52 Å². The highest BCUT2D eigenvalue weighted by molar-refractivity contribution is 6.58. The maximum atomic E-state index is 2.26. The van der Waals surface area contributed by atoms with E-state index in [0.717, 1.165) is 9.52 Å². The number of hydrogen-bond donors (Lipinski definition) is 0. The molecular weight excluding hydrogens is 160 g/mol. The minimum atomic E-state index is 0.668. The fourth-order valence-electron chi connectivity index (χ4n) is 0.871. The lowest BCUT2D eigenvalue weighted by Gasteiger charge is -1.94. The first-order valence-electron chi connectivity index (χ1n) is 4.27. The molecule has 1 aromatic rings. The highest BCUT2D eigenvalue weighted by atomic mass is 28.2. The zero-order valence-electron chi connectivity index (χ0n) is 7.62. The quantitative estimate of drug-likeness (QED) is 0.616. The van der Waals surface area contributed by atoms with Crippen molar-refractivity contribution in [3.63, 3.8) is 0 Å². The van der Waals surface area contributed by atoms with Gasteiger partial charge in [-0.05, 0) is 5.92 Å². The Bertz CT molecular complexity index is 236. The van der Waals surface area contributed by atoms with Gasteiger partial charge in [-0.1, -0.05) is 61.1 Å². The smallest absolute Gasteiger partial charge is 0.0971 e. The zero-order chi connectivity index (χ0) is 8.81. The molecule has 0 heterocycles. The van der Waals surface area contributed by atoms with Gasteiger partial charge in [0.15, 0.2) is 0 Å². The highest BCUT2D eigenvalue weighted by Gasteiger charge is 1.88. The number of hydrogen-bond acceptors (Lipinski definition) is 0. The Labute approximate surface area is 77.1 Å². The SMILES string of the molecule is CC(C)/C=C\[Si]c1ccccc1. The van der Waals surface area contributed by atoms with E-state index in [-0.39, 0.29) is 0 Å². The summed E-state index contributed by atoms with van der Waals surface area (Å²) in [6.07, 6.45) is 2.26. The van der Waals surface area contributed by atoms with E-state index in [1.54, 1.807) is 0 Å². The minimum absolute atomic E-state index is 0.668. The Hall–Kier alpha value is -0.823. The molecular formula is C11H14Si. The van der Waals surface area contributed by atoms with Crippen LogP contribution in [0.15, 0.2) is 42.1 Å². The van der Waals surface area contributed by atoms with Crippen molar-refractivity contribution in [2.75, 3.05) is 0 Å². The molecule has 0 amide bonds. The normalized spacial score (nSPS) is 11.2. The van der Waals surface area contributed by atoms with Gasteiger partial charge < -0.3 is 0 Å². The van der Waals surface area contributed by atoms with E-state index in [1.807, 2.05) is 0 Å². The number of rotatable bonds is 3.